The number of carbonyl (C=O) groups is 1. The molecule has 3 aliphatic heterocycles. The maximum Gasteiger partial charge on any atom is 0.254 e. The zero-order chi connectivity index (χ0) is 25.7. The number of hydrogen-bond acceptors (Lipinski definition) is 7. The number of anilines is 3. The summed E-state index contributed by atoms with van der Waals surface area (Å²) < 4.78 is 21.7. The summed E-state index contributed by atoms with van der Waals surface area (Å²) in [5, 5.41) is 9.75. The number of imidazole rings is 1. The van der Waals surface area contributed by atoms with Gasteiger partial charge in [0.05, 0.1) is 47.2 Å². The molecule has 0 saturated carbocycles. The lowest BCUT2D eigenvalue weighted by atomic mass is 9.91. The average Bonchev–Trinajstić information content (AvgIpc) is 3.53. The zero-order valence-electron chi connectivity index (χ0n) is 20.8. The molecule has 3 N–H and O–H groups in total. The van der Waals surface area contributed by atoms with E-state index >= 15 is 0 Å². The second-order valence-corrected chi connectivity index (χ2v) is 10.2. The number of aromatic nitrogens is 3. The third-order valence-corrected chi connectivity index (χ3v) is 7.77. The topological polar surface area (TPSA) is 95.8 Å². The molecule has 0 bridgehead atoms. The highest BCUT2D eigenvalue weighted by Crippen LogP contribution is 2.36. The predicted molar refractivity (Wildman–Crippen MR) is 142 cm³/mol. The third-order valence-electron chi connectivity index (χ3n) is 7.77. The SMILES string of the molecule is O=C1NCc2c(-c3cnc4cc(F)ccn34)ccc(Nc3ccc(N4CCC[C@]5(CNCCO5)C4)cn3)c21. The largest absolute Gasteiger partial charge is 0.371 e. The molecule has 2 fully saturated rings. The Kier molecular flexibility index (Phi) is 5.52. The van der Waals surface area contributed by atoms with Gasteiger partial charge in [-0.1, -0.05) is 6.07 Å². The van der Waals surface area contributed by atoms with Crippen molar-refractivity contribution in [2.24, 2.45) is 0 Å². The Hall–Kier alpha value is -4.02. The standard InChI is InChI=1S/C28H28FN7O2/c29-18-6-10-36-23(15-32-25(36)12-18)20-3-4-22(26-21(20)14-33-27(26)37)34-24-5-2-19(13-31-24)35-9-1-7-28(17-35)16-30-8-11-38-28/h2-6,10,12-13,15,30H,1,7-9,11,14,16-17H2,(H,31,34)(H,33,37)/t28-/m0/s1. The number of ether oxygens (including phenoxy) is 1. The highest BCUT2D eigenvalue weighted by Gasteiger charge is 2.38. The molecule has 6 heterocycles. The minimum atomic E-state index is -0.339. The van der Waals surface area contributed by atoms with E-state index in [1.165, 1.54) is 12.1 Å². The van der Waals surface area contributed by atoms with Crippen molar-refractivity contribution in [3.05, 3.63) is 71.9 Å². The van der Waals surface area contributed by atoms with E-state index in [2.05, 4.69) is 36.9 Å². The molecular formula is C28H28FN7O2. The van der Waals surface area contributed by atoms with Crippen molar-refractivity contribution in [1.82, 2.24) is 25.0 Å². The minimum absolute atomic E-state index is 0.127. The van der Waals surface area contributed by atoms with Crippen molar-refractivity contribution >= 4 is 28.7 Å². The maximum atomic E-state index is 13.7. The van der Waals surface area contributed by atoms with Crippen LogP contribution in [-0.2, 0) is 11.3 Å². The molecule has 10 heteroatoms. The number of fused-ring (bicyclic) bond motifs is 2. The number of piperidine rings is 1. The van der Waals surface area contributed by atoms with Gasteiger partial charge < -0.3 is 25.6 Å². The summed E-state index contributed by atoms with van der Waals surface area (Å²) in [4.78, 5) is 24.2. The van der Waals surface area contributed by atoms with Gasteiger partial charge in [0.1, 0.15) is 17.3 Å². The van der Waals surface area contributed by atoms with E-state index < -0.39 is 0 Å². The van der Waals surface area contributed by atoms with Crippen molar-refractivity contribution in [2.45, 2.75) is 25.0 Å². The van der Waals surface area contributed by atoms with Crippen molar-refractivity contribution in [3.63, 3.8) is 0 Å². The Morgan fingerprint density at radius 3 is 2.92 bits per heavy atom. The number of carbonyl (C=O) groups excluding carboxylic acids is 1. The van der Waals surface area contributed by atoms with Gasteiger partial charge in [0.15, 0.2) is 0 Å². The Balaban J connectivity index is 1.15. The lowest BCUT2D eigenvalue weighted by Crippen LogP contribution is -2.58. The molecule has 0 unspecified atom stereocenters. The van der Waals surface area contributed by atoms with Gasteiger partial charge in [-0.3, -0.25) is 9.20 Å². The van der Waals surface area contributed by atoms with Crippen LogP contribution >= 0.6 is 0 Å². The summed E-state index contributed by atoms with van der Waals surface area (Å²) in [5.41, 5.74) is 5.29. The smallest absolute Gasteiger partial charge is 0.254 e. The summed E-state index contributed by atoms with van der Waals surface area (Å²) in [7, 11) is 0. The molecular weight excluding hydrogens is 485 g/mol. The molecule has 7 rings (SSSR count). The number of pyridine rings is 2. The van der Waals surface area contributed by atoms with Crippen LogP contribution in [0.2, 0.25) is 0 Å². The quantitative estimate of drug-likeness (QED) is 0.385. The first-order valence-corrected chi connectivity index (χ1v) is 13.0. The van der Waals surface area contributed by atoms with Crippen LogP contribution in [0.3, 0.4) is 0 Å². The first-order valence-electron chi connectivity index (χ1n) is 13.0. The van der Waals surface area contributed by atoms with Gasteiger partial charge in [-0.2, -0.15) is 0 Å². The van der Waals surface area contributed by atoms with Gasteiger partial charge in [-0.15, -0.1) is 0 Å². The number of benzene rings is 1. The predicted octanol–water partition coefficient (Wildman–Crippen LogP) is 3.48. The molecule has 1 aromatic carbocycles. The van der Waals surface area contributed by atoms with Crippen LogP contribution in [0.5, 0.6) is 0 Å². The van der Waals surface area contributed by atoms with E-state index in [4.69, 9.17) is 4.74 Å². The number of rotatable bonds is 4. The zero-order valence-corrected chi connectivity index (χ0v) is 20.8. The van der Waals surface area contributed by atoms with Gasteiger partial charge in [0.2, 0.25) is 0 Å². The molecule has 194 valence electrons. The fourth-order valence-electron chi connectivity index (χ4n) is 5.92. The second-order valence-electron chi connectivity index (χ2n) is 10.2. The Morgan fingerprint density at radius 1 is 1.13 bits per heavy atom. The first kappa shape index (κ1) is 23.1. The summed E-state index contributed by atoms with van der Waals surface area (Å²) in [6.45, 7) is 4.77. The molecule has 38 heavy (non-hydrogen) atoms. The van der Waals surface area contributed by atoms with Gasteiger partial charge in [-0.25, -0.2) is 14.4 Å². The van der Waals surface area contributed by atoms with Crippen LogP contribution in [0.25, 0.3) is 16.9 Å². The van der Waals surface area contributed by atoms with Crippen molar-refractivity contribution in [1.29, 1.82) is 0 Å². The van der Waals surface area contributed by atoms with E-state index in [0.29, 0.717) is 29.3 Å². The van der Waals surface area contributed by atoms with Gasteiger partial charge >= 0.3 is 0 Å². The van der Waals surface area contributed by atoms with Crippen LogP contribution < -0.4 is 20.9 Å². The molecule has 0 radical (unpaired) electrons. The highest BCUT2D eigenvalue weighted by atomic mass is 19.1. The number of nitrogens with zero attached hydrogens (tertiary/aromatic N) is 4. The molecule has 4 aromatic rings. The van der Waals surface area contributed by atoms with Crippen molar-refractivity contribution in [2.75, 3.05) is 43.0 Å². The normalized spacial score (nSPS) is 21.1. The van der Waals surface area contributed by atoms with Crippen LogP contribution in [0.15, 0.2) is 55.0 Å². The van der Waals surface area contributed by atoms with E-state index in [-0.39, 0.29) is 17.3 Å². The van der Waals surface area contributed by atoms with Gasteiger partial charge in [0.25, 0.3) is 5.91 Å². The maximum absolute atomic E-state index is 13.7. The number of hydrogen-bond donors (Lipinski definition) is 3. The lowest BCUT2D eigenvalue weighted by molar-refractivity contribution is -0.0725. The Morgan fingerprint density at radius 2 is 2.08 bits per heavy atom. The summed E-state index contributed by atoms with van der Waals surface area (Å²) in [6, 6.07) is 10.7. The van der Waals surface area contributed by atoms with E-state index in [1.807, 2.05) is 28.8 Å². The van der Waals surface area contributed by atoms with E-state index in [9.17, 15) is 9.18 Å². The summed E-state index contributed by atoms with van der Waals surface area (Å²) in [6.07, 6.45) is 7.39. The van der Waals surface area contributed by atoms with Crippen LogP contribution in [0.4, 0.5) is 21.6 Å². The number of morpholine rings is 1. The molecule has 9 nitrogen and oxygen atoms in total. The Labute approximate surface area is 219 Å². The van der Waals surface area contributed by atoms with Crippen molar-refractivity contribution in [3.8, 4) is 11.3 Å². The number of halogens is 1. The molecule has 1 amide bonds. The average molecular weight is 514 g/mol. The first-order chi connectivity index (χ1) is 18.6. The Bertz CT molecular complexity index is 1520. The molecule has 2 saturated heterocycles. The van der Waals surface area contributed by atoms with E-state index in [1.54, 1.807) is 12.4 Å². The fraction of sp³-hybridized carbons (Fsp3) is 0.321. The number of nitrogens with one attached hydrogen (secondary N) is 3. The van der Waals surface area contributed by atoms with Gasteiger partial charge in [-0.05, 0) is 42.7 Å². The molecule has 1 spiro atoms. The van der Waals surface area contributed by atoms with Crippen molar-refractivity contribution < 1.29 is 13.9 Å². The van der Waals surface area contributed by atoms with E-state index in [0.717, 1.165) is 68.1 Å². The van der Waals surface area contributed by atoms with Crippen LogP contribution in [0, 0.1) is 5.82 Å². The summed E-state index contributed by atoms with van der Waals surface area (Å²) in [5.74, 6) is 0.186. The van der Waals surface area contributed by atoms with Crippen LogP contribution in [0.1, 0.15) is 28.8 Å². The highest BCUT2D eigenvalue weighted by molar-refractivity contribution is 6.06. The lowest BCUT2D eigenvalue weighted by Gasteiger charge is -2.45. The second kappa shape index (κ2) is 9.07. The molecule has 3 aliphatic rings. The molecule has 0 aliphatic carbocycles. The molecule has 3 aromatic heterocycles. The molecule has 1 atom stereocenters. The van der Waals surface area contributed by atoms with Gasteiger partial charge in [0, 0.05) is 50.6 Å². The number of amides is 1. The third kappa shape index (κ3) is 3.97. The summed E-state index contributed by atoms with van der Waals surface area (Å²) >= 11 is 0. The fourth-order valence-corrected chi connectivity index (χ4v) is 5.92. The minimum Gasteiger partial charge on any atom is -0.371 e. The monoisotopic (exact) mass is 513 g/mol. The van der Waals surface area contributed by atoms with Crippen LogP contribution in [-0.4, -0.2) is 58.7 Å².